The number of anilines is 1. The van der Waals surface area contributed by atoms with Crippen LogP contribution in [0.2, 0.25) is 0 Å². The number of hydrogen-bond donors (Lipinski definition) is 3. The van der Waals surface area contributed by atoms with Crippen molar-refractivity contribution in [2.75, 3.05) is 11.9 Å². The van der Waals surface area contributed by atoms with Crippen molar-refractivity contribution in [3.05, 3.63) is 77.9 Å². The number of nitrogens with zero attached hydrogens (tertiary/aromatic N) is 2. The highest BCUT2D eigenvalue weighted by Gasteiger charge is 2.13. The van der Waals surface area contributed by atoms with Crippen LogP contribution in [0.4, 0.5) is 10.1 Å². The third-order valence-corrected chi connectivity index (χ3v) is 4.80. The van der Waals surface area contributed by atoms with Crippen molar-refractivity contribution in [3.8, 4) is 5.69 Å². The number of aliphatic carboxylic acids is 1. The molecule has 0 saturated carbocycles. The molecule has 31 heavy (non-hydrogen) atoms. The zero-order valence-electron chi connectivity index (χ0n) is 17.2. The summed E-state index contributed by atoms with van der Waals surface area (Å²) in [6.07, 6.45) is 4.25. The first kappa shape index (κ1) is 22.0. The van der Waals surface area contributed by atoms with Gasteiger partial charge in [0, 0.05) is 17.8 Å². The maximum atomic E-state index is 13.2. The predicted molar refractivity (Wildman–Crippen MR) is 116 cm³/mol. The monoisotopic (exact) mass is 424 g/mol. The second-order valence-electron chi connectivity index (χ2n) is 7.16. The summed E-state index contributed by atoms with van der Waals surface area (Å²) in [6.45, 7) is 2.20. The van der Waals surface area contributed by atoms with Crippen molar-refractivity contribution < 1.29 is 19.1 Å². The standard InChI is InChI=1S/C23H25FN4O3/c1-2-3-21(16-4-6-17(7-5-16)23(31)25-13-12-22(29)30)27-19-8-10-20(11-9-19)28-15-18(24)14-26-28/h4-11,14-15,21,27H,2-3,12-13H2,1H3,(H,25,31)(H,29,30). The Kier molecular flexibility index (Phi) is 7.37. The molecular weight excluding hydrogens is 399 g/mol. The molecule has 2 aromatic carbocycles. The van der Waals surface area contributed by atoms with E-state index in [9.17, 15) is 14.0 Å². The van der Waals surface area contributed by atoms with Gasteiger partial charge in [0.05, 0.1) is 30.5 Å². The van der Waals surface area contributed by atoms with Gasteiger partial charge >= 0.3 is 5.97 Å². The average molecular weight is 424 g/mol. The summed E-state index contributed by atoms with van der Waals surface area (Å²) in [5.41, 5.74) is 3.22. The fourth-order valence-electron chi connectivity index (χ4n) is 3.22. The van der Waals surface area contributed by atoms with E-state index in [0.717, 1.165) is 29.8 Å². The van der Waals surface area contributed by atoms with Crippen molar-refractivity contribution in [1.82, 2.24) is 15.1 Å². The molecule has 3 aromatic rings. The van der Waals surface area contributed by atoms with Gasteiger partial charge in [-0.05, 0) is 48.4 Å². The van der Waals surface area contributed by atoms with Crippen molar-refractivity contribution in [1.29, 1.82) is 0 Å². The number of benzene rings is 2. The van der Waals surface area contributed by atoms with E-state index in [-0.39, 0.29) is 30.7 Å². The minimum absolute atomic E-state index is 0.0575. The number of nitrogens with one attached hydrogen (secondary N) is 2. The summed E-state index contributed by atoms with van der Waals surface area (Å²) in [5.74, 6) is -1.63. The molecule has 1 amide bonds. The molecule has 0 spiro atoms. The summed E-state index contributed by atoms with van der Waals surface area (Å²) in [5, 5.41) is 18.7. The molecule has 0 aliphatic heterocycles. The van der Waals surface area contributed by atoms with Gasteiger partial charge in [-0.25, -0.2) is 9.07 Å². The van der Waals surface area contributed by atoms with Crippen LogP contribution in [0.1, 0.15) is 48.1 Å². The van der Waals surface area contributed by atoms with E-state index >= 15 is 0 Å². The molecule has 1 atom stereocenters. The van der Waals surface area contributed by atoms with E-state index in [0.29, 0.717) is 5.56 Å². The van der Waals surface area contributed by atoms with Crippen molar-refractivity contribution >= 4 is 17.6 Å². The Bertz CT molecular complexity index is 1020. The van der Waals surface area contributed by atoms with E-state index in [1.807, 2.05) is 36.4 Å². The van der Waals surface area contributed by atoms with Crippen LogP contribution in [0, 0.1) is 5.82 Å². The molecule has 1 aromatic heterocycles. The summed E-state index contributed by atoms with van der Waals surface area (Å²) in [7, 11) is 0. The van der Waals surface area contributed by atoms with Crippen LogP contribution in [-0.2, 0) is 4.79 Å². The Morgan fingerprint density at radius 1 is 1.13 bits per heavy atom. The third-order valence-electron chi connectivity index (χ3n) is 4.80. The number of amides is 1. The summed E-state index contributed by atoms with van der Waals surface area (Å²) < 4.78 is 14.6. The van der Waals surface area contributed by atoms with Gasteiger partial charge in [0.25, 0.3) is 5.91 Å². The average Bonchev–Trinajstić information content (AvgIpc) is 3.20. The maximum absolute atomic E-state index is 13.2. The number of carbonyl (C=O) groups excluding carboxylic acids is 1. The first-order valence-electron chi connectivity index (χ1n) is 10.1. The fourth-order valence-corrected chi connectivity index (χ4v) is 3.22. The van der Waals surface area contributed by atoms with Crippen LogP contribution in [0.15, 0.2) is 60.9 Å². The summed E-state index contributed by atoms with van der Waals surface area (Å²) >= 11 is 0. The van der Waals surface area contributed by atoms with Gasteiger partial charge in [0.1, 0.15) is 0 Å². The largest absolute Gasteiger partial charge is 0.481 e. The van der Waals surface area contributed by atoms with Crippen molar-refractivity contribution in [2.24, 2.45) is 0 Å². The minimum Gasteiger partial charge on any atom is -0.481 e. The van der Waals surface area contributed by atoms with Gasteiger partial charge in [0.15, 0.2) is 5.82 Å². The number of carboxylic acid groups (broad SMARTS) is 1. The second-order valence-corrected chi connectivity index (χ2v) is 7.16. The number of rotatable bonds is 10. The Labute approximate surface area is 179 Å². The number of aromatic nitrogens is 2. The van der Waals surface area contributed by atoms with Crippen molar-refractivity contribution in [3.63, 3.8) is 0 Å². The van der Waals surface area contributed by atoms with Gasteiger partial charge in [-0.3, -0.25) is 9.59 Å². The highest BCUT2D eigenvalue weighted by Crippen LogP contribution is 2.25. The number of carboxylic acids is 1. The van der Waals surface area contributed by atoms with E-state index in [4.69, 9.17) is 5.11 Å². The summed E-state index contributed by atoms with van der Waals surface area (Å²) in [4.78, 5) is 22.7. The van der Waals surface area contributed by atoms with Crippen molar-refractivity contribution in [2.45, 2.75) is 32.2 Å². The zero-order valence-corrected chi connectivity index (χ0v) is 17.2. The number of hydrogen-bond acceptors (Lipinski definition) is 4. The highest BCUT2D eigenvalue weighted by atomic mass is 19.1. The van der Waals surface area contributed by atoms with Crippen LogP contribution in [0.5, 0.6) is 0 Å². The van der Waals surface area contributed by atoms with E-state index in [1.165, 1.54) is 17.1 Å². The molecule has 0 aliphatic carbocycles. The number of halogens is 1. The lowest BCUT2D eigenvalue weighted by atomic mass is 10.00. The smallest absolute Gasteiger partial charge is 0.305 e. The van der Waals surface area contributed by atoms with Gasteiger partial charge in [-0.2, -0.15) is 5.10 Å². The Balaban J connectivity index is 1.66. The van der Waals surface area contributed by atoms with E-state index in [1.54, 1.807) is 12.1 Å². The lowest BCUT2D eigenvalue weighted by Crippen LogP contribution is -2.26. The molecule has 0 radical (unpaired) electrons. The molecule has 8 heteroatoms. The predicted octanol–water partition coefficient (Wildman–Crippen LogP) is 4.17. The molecule has 0 bridgehead atoms. The molecule has 0 aliphatic rings. The third kappa shape index (κ3) is 6.15. The lowest BCUT2D eigenvalue weighted by molar-refractivity contribution is -0.136. The Morgan fingerprint density at radius 3 is 2.42 bits per heavy atom. The molecule has 0 fully saturated rings. The zero-order chi connectivity index (χ0) is 22.2. The highest BCUT2D eigenvalue weighted by molar-refractivity contribution is 5.94. The van der Waals surface area contributed by atoms with Gasteiger partial charge in [-0.1, -0.05) is 25.5 Å². The normalized spacial score (nSPS) is 11.7. The molecule has 162 valence electrons. The van der Waals surface area contributed by atoms with Crippen LogP contribution >= 0.6 is 0 Å². The first-order chi connectivity index (χ1) is 15.0. The molecule has 3 rings (SSSR count). The van der Waals surface area contributed by atoms with Crippen LogP contribution in [0.25, 0.3) is 5.69 Å². The topological polar surface area (TPSA) is 96.3 Å². The van der Waals surface area contributed by atoms with Crippen LogP contribution < -0.4 is 10.6 Å². The van der Waals surface area contributed by atoms with E-state index < -0.39 is 5.97 Å². The van der Waals surface area contributed by atoms with Gasteiger partial charge < -0.3 is 15.7 Å². The lowest BCUT2D eigenvalue weighted by Gasteiger charge is -2.20. The second kappa shape index (κ2) is 10.4. The number of carbonyl (C=O) groups is 2. The van der Waals surface area contributed by atoms with Crippen LogP contribution in [0.3, 0.4) is 0 Å². The SMILES string of the molecule is CCCC(Nc1ccc(-n2cc(F)cn2)cc1)c1ccc(C(=O)NCCC(=O)O)cc1. The quantitative estimate of drug-likeness (QED) is 0.454. The minimum atomic E-state index is -0.950. The summed E-state index contributed by atoms with van der Waals surface area (Å²) in [6, 6.07) is 14.9. The van der Waals surface area contributed by atoms with E-state index in [2.05, 4.69) is 22.7 Å². The maximum Gasteiger partial charge on any atom is 0.305 e. The fraction of sp³-hybridized carbons (Fsp3) is 0.261. The molecule has 0 saturated heterocycles. The van der Waals surface area contributed by atoms with Crippen LogP contribution in [-0.4, -0.2) is 33.3 Å². The molecule has 3 N–H and O–H groups in total. The first-order valence-corrected chi connectivity index (χ1v) is 10.1. The molecule has 1 heterocycles. The Hall–Kier alpha value is -3.68. The molecular formula is C23H25FN4O3. The van der Waals surface area contributed by atoms with Gasteiger partial charge in [0.2, 0.25) is 0 Å². The van der Waals surface area contributed by atoms with Gasteiger partial charge in [-0.15, -0.1) is 0 Å². The Morgan fingerprint density at radius 2 is 1.84 bits per heavy atom. The molecule has 7 nitrogen and oxygen atoms in total. The molecule has 1 unspecified atom stereocenters.